The summed E-state index contributed by atoms with van der Waals surface area (Å²) in [5, 5.41) is 15.8. The van der Waals surface area contributed by atoms with Gasteiger partial charge in [0, 0.05) is 49.5 Å². The minimum atomic E-state index is -0.315. The van der Waals surface area contributed by atoms with E-state index in [1.54, 1.807) is 17.5 Å². The zero-order valence-corrected chi connectivity index (χ0v) is 19.9. The Bertz CT molecular complexity index is 1200. The largest absolute Gasteiger partial charge is 0.392 e. The highest BCUT2D eigenvalue weighted by Crippen LogP contribution is 2.30. The monoisotopic (exact) mass is 476 g/mol. The van der Waals surface area contributed by atoms with E-state index in [4.69, 9.17) is 0 Å². The fourth-order valence-corrected chi connectivity index (χ4v) is 5.40. The first kappa shape index (κ1) is 22.7. The number of fused-ring (bicyclic) bond motifs is 1. The summed E-state index contributed by atoms with van der Waals surface area (Å²) in [6.07, 6.45) is 2.88. The fraction of sp³-hybridized carbons (Fsp3) is 0.346. The van der Waals surface area contributed by atoms with Gasteiger partial charge in [0.25, 0.3) is 0 Å². The summed E-state index contributed by atoms with van der Waals surface area (Å²) in [6.45, 7) is 2.09. The Morgan fingerprint density at radius 3 is 2.97 bits per heavy atom. The van der Waals surface area contributed by atoms with E-state index in [-0.39, 0.29) is 30.4 Å². The summed E-state index contributed by atoms with van der Waals surface area (Å²) < 4.78 is 0. The molecular weight excluding hydrogens is 448 g/mol. The fourth-order valence-electron chi connectivity index (χ4n) is 4.76. The van der Waals surface area contributed by atoms with Crippen LogP contribution in [0.1, 0.15) is 29.2 Å². The van der Waals surface area contributed by atoms with Crippen molar-refractivity contribution in [1.29, 1.82) is 0 Å². The quantitative estimate of drug-likeness (QED) is 0.547. The molecule has 2 N–H and O–H groups in total. The van der Waals surface area contributed by atoms with E-state index in [0.29, 0.717) is 19.5 Å². The molecule has 0 bridgehead atoms. The van der Waals surface area contributed by atoms with Crippen LogP contribution in [0.3, 0.4) is 0 Å². The molecule has 34 heavy (non-hydrogen) atoms. The number of nitrogens with zero attached hydrogens (tertiary/aromatic N) is 3. The summed E-state index contributed by atoms with van der Waals surface area (Å²) >= 11 is 1.59. The van der Waals surface area contributed by atoms with Crippen molar-refractivity contribution in [3.8, 4) is 10.6 Å². The number of nitrogens with one attached hydrogen (secondary N) is 1. The van der Waals surface area contributed by atoms with Crippen LogP contribution in [0.4, 0.5) is 5.69 Å². The van der Waals surface area contributed by atoms with E-state index >= 15 is 0 Å². The lowest BCUT2D eigenvalue weighted by Crippen LogP contribution is -2.39. The molecule has 0 radical (unpaired) electrons. The van der Waals surface area contributed by atoms with Crippen LogP contribution in [0.25, 0.3) is 10.6 Å². The zero-order valence-electron chi connectivity index (χ0n) is 19.1. The van der Waals surface area contributed by atoms with Crippen LogP contribution in [0, 0.1) is 0 Å². The van der Waals surface area contributed by atoms with E-state index in [9.17, 15) is 14.7 Å². The number of thiazole rings is 1. The number of likely N-dealkylation sites (N-methyl/N-ethyl adjacent to an activating group) is 1. The molecule has 2 aromatic carbocycles. The summed E-state index contributed by atoms with van der Waals surface area (Å²) in [7, 11) is 1.85. The summed E-state index contributed by atoms with van der Waals surface area (Å²) in [5.74, 6) is -0.00255. The van der Waals surface area contributed by atoms with Crippen molar-refractivity contribution in [1.82, 2.24) is 14.8 Å². The summed E-state index contributed by atoms with van der Waals surface area (Å²) in [5.41, 5.74) is 4.74. The van der Waals surface area contributed by atoms with Crippen molar-refractivity contribution in [3.05, 3.63) is 70.7 Å². The Morgan fingerprint density at radius 1 is 1.32 bits per heavy atom. The van der Waals surface area contributed by atoms with Crippen LogP contribution >= 0.6 is 11.3 Å². The predicted octanol–water partition coefficient (Wildman–Crippen LogP) is 3.11. The second kappa shape index (κ2) is 9.66. The smallest absolute Gasteiger partial charge is 0.228 e. The van der Waals surface area contributed by atoms with Crippen molar-refractivity contribution in [2.45, 2.75) is 31.4 Å². The lowest BCUT2D eigenvalue weighted by Gasteiger charge is -2.32. The van der Waals surface area contributed by atoms with E-state index in [2.05, 4.69) is 27.3 Å². The maximum Gasteiger partial charge on any atom is 0.228 e. The van der Waals surface area contributed by atoms with Gasteiger partial charge in [-0.2, -0.15) is 0 Å². The van der Waals surface area contributed by atoms with Gasteiger partial charge in [-0.25, -0.2) is 4.98 Å². The van der Waals surface area contributed by atoms with E-state index in [1.165, 1.54) is 0 Å². The van der Waals surface area contributed by atoms with Gasteiger partial charge < -0.3 is 15.3 Å². The first-order valence-electron chi connectivity index (χ1n) is 11.5. The van der Waals surface area contributed by atoms with Crippen LogP contribution in [0.5, 0.6) is 0 Å². The van der Waals surface area contributed by atoms with Gasteiger partial charge in [-0.15, -0.1) is 11.3 Å². The highest BCUT2D eigenvalue weighted by Gasteiger charge is 2.29. The van der Waals surface area contributed by atoms with Crippen molar-refractivity contribution in [2.24, 2.45) is 0 Å². The van der Waals surface area contributed by atoms with Crippen LogP contribution in [-0.4, -0.2) is 64.5 Å². The molecule has 1 unspecified atom stereocenters. The SMILES string of the molecule is CN(C(=O)Cc1ccc2c(c1)NC(=O)C2)C(CN1CC[C@H](O)C1)c1cccc(-c2nccs2)c1. The lowest BCUT2D eigenvalue weighted by molar-refractivity contribution is -0.131. The molecule has 0 spiro atoms. The molecule has 1 saturated heterocycles. The first-order chi connectivity index (χ1) is 16.5. The molecule has 3 aromatic rings. The Balaban J connectivity index is 1.38. The molecule has 1 aromatic heterocycles. The van der Waals surface area contributed by atoms with E-state index in [0.717, 1.165) is 45.9 Å². The third-order valence-electron chi connectivity index (χ3n) is 6.64. The molecule has 176 valence electrons. The van der Waals surface area contributed by atoms with Crippen LogP contribution in [0.15, 0.2) is 54.0 Å². The molecule has 5 rings (SSSR count). The molecule has 7 nitrogen and oxygen atoms in total. The summed E-state index contributed by atoms with van der Waals surface area (Å²) in [6, 6.07) is 13.8. The number of aromatic nitrogens is 1. The Labute approximate surface area is 203 Å². The number of carbonyl (C=O) groups is 2. The Morgan fingerprint density at radius 2 is 2.21 bits per heavy atom. The molecule has 0 aliphatic carbocycles. The standard InChI is InChI=1S/C26H28N4O3S/c1-29(25(33)12-17-5-6-18-14-24(32)28-22(18)11-17)23(16-30-9-7-21(31)15-30)19-3-2-4-20(13-19)26-27-8-10-34-26/h2-6,8,10-11,13,21,23,31H,7,9,12,14-16H2,1H3,(H,28,32)/t21-,23?/m0/s1. The summed E-state index contributed by atoms with van der Waals surface area (Å²) in [4.78, 5) is 33.6. The van der Waals surface area contributed by atoms with Gasteiger partial charge in [-0.3, -0.25) is 14.5 Å². The second-order valence-electron chi connectivity index (χ2n) is 9.08. The average molecular weight is 477 g/mol. The topological polar surface area (TPSA) is 85.8 Å². The number of aliphatic hydroxyl groups is 1. The molecule has 8 heteroatoms. The molecule has 2 aliphatic heterocycles. The number of carbonyl (C=O) groups excluding carboxylic acids is 2. The molecule has 2 aliphatic rings. The predicted molar refractivity (Wildman–Crippen MR) is 133 cm³/mol. The maximum absolute atomic E-state index is 13.4. The number of amides is 2. The van der Waals surface area contributed by atoms with Gasteiger partial charge in [-0.1, -0.05) is 30.3 Å². The third-order valence-corrected chi connectivity index (χ3v) is 7.47. The number of β-amino-alcohol motifs (C(OH)–C–C–N with tert-alkyl or cyclic N) is 1. The number of likely N-dealkylation sites (tertiary alicyclic amines) is 1. The van der Waals surface area contributed by atoms with Gasteiger partial charge in [0.2, 0.25) is 11.8 Å². The molecule has 1 fully saturated rings. The van der Waals surface area contributed by atoms with E-state index in [1.807, 2.05) is 47.7 Å². The van der Waals surface area contributed by atoms with Gasteiger partial charge in [0.05, 0.1) is 25.0 Å². The zero-order chi connectivity index (χ0) is 23.7. The highest BCUT2D eigenvalue weighted by atomic mass is 32.1. The van der Waals surface area contributed by atoms with E-state index < -0.39 is 0 Å². The first-order valence-corrected chi connectivity index (χ1v) is 12.4. The normalized spacial score (nSPS) is 18.5. The Hall–Kier alpha value is -3.07. The number of rotatable bonds is 7. The number of hydrogen-bond acceptors (Lipinski definition) is 6. The van der Waals surface area contributed by atoms with Crippen molar-refractivity contribution < 1.29 is 14.7 Å². The second-order valence-corrected chi connectivity index (χ2v) is 9.97. The van der Waals surface area contributed by atoms with Crippen LogP contribution in [-0.2, 0) is 22.4 Å². The minimum absolute atomic E-state index is 0.00803. The highest BCUT2D eigenvalue weighted by molar-refractivity contribution is 7.13. The number of anilines is 1. The maximum atomic E-state index is 13.4. The molecule has 0 saturated carbocycles. The van der Waals surface area contributed by atoms with Gasteiger partial charge in [-0.05, 0) is 35.2 Å². The molecule has 3 heterocycles. The van der Waals surface area contributed by atoms with Gasteiger partial charge in [0.1, 0.15) is 5.01 Å². The number of benzene rings is 2. The van der Waals surface area contributed by atoms with Crippen molar-refractivity contribution >= 4 is 28.8 Å². The lowest BCUT2D eigenvalue weighted by atomic mass is 10.0. The molecule has 2 atom stereocenters. The minimum Gasteiger partial charge on any atom is -0.392 e. The third kappa shape index (κ3) is 4.89. The van der Waals surface area contributed by atoms with Crippen LogP contribution in [0.2, 0.25) is 0 Å². The Kier molecular flexibility index (Phi) is 6.45. The molecule has 2 amide bonds. The number of hydrogen-bond donors (Lipinski definition) is 2. The molecular formula is C26H28N4O3S. The van der Waals surface area contributed by atoms with Gasteiger partial charge >= 0.3 is 0 Å². The number of aliphatic hydroxyl groups excluding tert-OH is 1. The average Bonchev–Trinajstić information content (AvgIpc) is 3.57. The van der Waals surface area contributed by atoms with Crippen molar-refractivity contribution in [3.63, 3.8) is 0 Å². The van der Waals surface area contributed by atoms with Gasteiger partial charge in [0.15, 0.2) is 0 Å². The van der Waals surface area contributed by atoms with Crippen LogP contribution < -0.4 is 5.32 Å². The van der Waals surface area contributed by atoms with Crippen molar-refractivity contribution in [2.75, 3.05) is 32.0 Å².